The average molecular weight is 234 g/mol. The van der Waals surface area contributed by atoms with E-state index >= 15 is 0 Å². The minimum atomic E-state index is 0.259. The van der Waals surface area contributed by atoms with E-state index in [2.05, 4.69) is 4.98 Å². The molecule has 0 aliphatic rings. The van der Waals surface area contributed by atoms with Crippen molar-refractivity contribution in [2.24, 2.45) is 0 Å². The fourth-order valence-corrected chi connectivity index (χ4v) is 1.54. The molecule has 6 heteroatoms. The topological polar surface area (TPSA) is 88.3 Å². The first-order valence-electron chi connectivity index (χ1n) is 4.98. The van der Waals surface area contributed by atoms with Gasteiger partial charge < -0.3 is 21.1 Å². The van der Waals surface area contributed by atoms with E-state index in [4.69, 9.17) is 21.1 Å². The standard InChI is InChI=1S/C11H14N4O2/c1-16-9-4-3-7(5-10(9)17-2)8-6-15(13)11(12)14-8/h3-6H,13H2,1-2H3,(H2,12,14). The number of anilines is 1. The van der Waals surface area contributed by atoms with Crippen molar-refractivity contribution in [2.45, 2.75) is 0 Å². The Morgan fingerprint density at radius 3 is 2.41 bits per heavy atom. The van der Waals surface area contributed by atoms with Gasteiger partial charge in [-0.2, -0.15) is 0 Å². The lowest BCUT2D eigenvalue weighted by atomic mass is 10.1. The first-order chi connectivity index (χ1) is 8.15. The molecule has 0 atom stereocenters. The van der Waals surface area contributed by atoms with Crippen molar-refractivity contribution in [3.8, 4) is 22.8 Å². The van der Waals surface area contributed by atoms with Gasteiger partial charge in [-0.3, -0.25) is 0 Å². The summed E-state index contributed by atoms with van der Waals surface area (Å²) in [7, 11) is 3.17. The lowest BCUT2D eigenvalue weighted by molar-refractivity contribution is 0.355. The Balaban J connectivity index is 2.46. The molecule has 4 N–H and O–H groups in total. The predicted molar refractivity (Wildman–Crippen MR) is 65.3 cm³/mol. The molecule has 1 aromatic carbocycles. The van der Waals surface area contributed by atoms with Crippen LogP contribution in [0.4, 0.5) is 5.95 Å². The summed E-state index contributed by atoms with van der Waals surface area (Å²) in [5, 5.41) is 0. The molecule has 0 saturated heterocycles. The van der Waals surface area contributed by atoms with Gasteiger partial charge in [-0.05, 0) is 18.2 Å². The predicted octanol–water partition coefficient (Wildman–Crippen LogP) is 0.863. The summed E-state index contributed by atoms with van der Waals surface area (Å²) in [6.07, 6.45) is 1.65. The zero-order valence-electron chi connectivity index (χ0n) is 9.68. The molecule has 90 valence electrons. The van der Waals surface area contributed by atoms with E-state index in [-0.39, 0.29) is 5.95 Å². The monoisotopic (exact) mass is 234 g/mol. The molecule has 0 aliphatic heterocycles. The number of ether oxygens (including phenoxy) is 2. The fraction of sp³-hybridized carbons (Fsp3) is 0.182. The third-order valence-corrected chi connectivity index (χ3v) is 2.44. The van der Waals surface area contributed by atoms with Crippen molar-refractivity contribution in [1.29, 1.82) is 0 Å². The second kappa shape index (κ2) is 4.25. The normalized spacial score (nSPS) is 10.2. The van der Waals surface area contributed by atoms with Crippen LogP contribution < -0.4 is 21.1 Å². The van der Waals surface area contributed by atoms with E-state index in [1.165, 1.54) is 4.68 Å². The van der Waals surface area contributed by atoms with Gasteiger partial charge in [0.05, 0.1) is 26.1 Å². The lowest BCUT2D eigenvalue weighted by Gasteiger charge is -2.08. The molecule has 0 aliphatic carbocycles. The molecule has 0 spiro atoms. The summed E-state index contributed by atoms with van der Waals surface area (Å²) < 4.78 is 11.6. The van der Waals surface area contributed by atoms with Crippen molar-refractivity contribution >= 4 is 5.95 Å². The van der Waals surface area contributed by atoms with Crippen molar-refractivity contribution in [3.63, 3.8) is 0 Å². The van der Waals surface area contributed by atoms with Crippen molar-refractivity contribution < 1.29 is 9.47 Å². The van der Waals surface area contributed by atoms with Gasteiger partial charge in [0.2, 0.25) is 5.95 Å². The number of nitrogens with two attached hydrogens (primary N) is 2. The van der Waals surface area contributed by atoms with Crippen LogP contribution in [0, 0.1) is 0 Å². The van der Waals surface area contributed by atoms with Crippen molar-refractivity contribution in [3.05, 3.63) is 24.4 Å². The van der Waals surface area contributed by atoms with Gasteiger partial charge in [-0.1, -0.05) is 0 Å². The second-order valence-corrected chi connectivity index (χ2v) is 3.46. The van der Waals surface area contributed by atoms with Crippen LogP contribution >= 0.6 is 0 Å². The smallest absolute Gasteiger partial charge is 0.219 e. The van der Waals surface area contributed by atoms with Crippen LogP contribution in [0.1, 0.15) is 0 Å². The number of rotatable bonds is 3. The minimum Gasteiger partial charge on any atom is -0.493 e. The Morgan fingerprint density at radius 2 is 1.88 bits per heavy atom. The average Bonchev–Trinajstić information content (AvgIpc) is 2.68. The quantitative estimate of drug-likeness (QED) is 0.769. The van der Waals surface area contributed by atoms with Crippen LogP contribution in [-0.2, 0) is 0 Å². The number of benzene rings is 1. The highest BCUT2D eigenvalue weighted by Gasteiger charge is 2.09. The first-order valence-corrected chi connectivity index (χ1v) is 4.98. The van der Waals surface area contributed by atoms with Crippen molar-refractivity contribution in [1.82, 2.24) is 9.66 Å². The molecule has 2 aromatic rings. The molecule has 1 heterocycles. The maximum absolute atomic E-state index is 5.58. The highest BCUT2D eigenvalue weighted by atomic mass is 16.5. The molecule has 0 bridgehead atoms. The minimum absolute atomic E-state index is 0.259. The zero-order valence-corrected chi connectivity index (χ0v) is 9.68. The van der Waals surface area contributed by atoms with Crippen LogP contribution in [0.15, 0.2) is 24.4 Å². The summed E-state index contributed by atoms with van der Waals surface area (Å²) in [5.41, 5.74) is 7.12. The zero-order chi connectivity index (χ0) is 12.4. The number of imidazole rings is 1. The summed E-state index contributed by atoms with van der Waals surface area (Å²) in [6.45, 7) is 0. The molecule has 0 radical (unpaired) electrons. The number of nitrogen functional groups attached to an aromatic ring is 2. The highest BCUT2D eigenvalue weighted by Crippen LogP contribution is 2.31. The Kier molecular flexibility index (Phi) is 2.78. The molecular weight excluding hydrogens is 220 g/mol. The van der Waals surface area contributed by atoms with Gasteiger partial charge in [0.25, 0.3) is 0 Å². The highest BCUT2D eigenvalue weighted by molar-refractivity contribution is 5.64. The largest absolute Gasteiger partial charge is 0.493 e. The molecule has 1 aromatic heterocycles. The fourth-order valence-electron chi connectivity index (χ4n) is 1.54. The van der Waals surface area contributed by atoms with Gasteiger partial charge in [0.1, 0.15) is 0 Å². The van der Waals surface area contributed by atoms with E-state index in [0.29, 0.717) is 17.2 Å². The summed E-state index contributed by atoms with van der Waals surface area (Å²) >= 11 is 0. The first kappa shape index (κ1) is 11.1. The second-order valence-electron chi connectivity index (χ2n) is 3.46. The third kappa shape index (κ3) is 1.96. The van der Waals surface area contributed by atoms with Gasteiger partial charge in [0.15, 0.2) is 11.5 Å². The van der Waals surface area contributed by atoms with E-state index in [1.807, 2.05) is 12.1 Å². The van der Waals surface area contributed by atoms with Crippen LogP contribution in [0.3, 0.4) is 0 Å². The number of hydrogen-bond donors (Lipinski definition) is 2. The summed E-state index contributed by atoms with van der Waals surface area (Å²) in [4.78, 5) is 4.13. The molecule has 0 saturated carbocycles. The molecule has 2 rings (SSSR count). The Hall–Kier alpha value is -2.37. The lowest BCUT2D eigenvalue weighted by Crippen LogP contribution is -2.09. The maximum Gasteiger partial charge on any atom is 0.219 e. The number of nitrogens with zero attached hydrogens (tertiary/aromatic N) is 2. The Bertz CT molecular complexity index is 517. The van der Waals surface area contributed by atoms with E-state index in [0.717, 1.165) is 5.56 Å². The van der Waals surface area contributed by atoms with Gasteiger partial charge in [0, 0.05) is 5.56 Å². The van der Waals surface area contributed by atoms with Crippen LogP contribution in [0.2, 0.25) is 0 Å². The molecule has 0 fully saturated rings. The molecule has 0 amide bonds. The van der Waals surface area contributed by atoms with Gasteiger partial charge in [-0.15, -0.1) is 0 Å². The number of methoxy groups -OCH3 is 2. The van der Waals surface area contributed by atoms with Gasteiger partial charge in [-0.25, -0.2) is 9.66 Å². The third-order valence-electron chi connectivity index (χ3n) is 2.44. The summed E-state index contributed by atoms with van der Waals surface area (Å²) in [5.74, 6) is 7.13. The maximum atomic E-state index is 5.58. The molecule has 6 nitrogen and oxygen atoms in total. The van der Waals surface area contributed by atoms with Gasteiger partial charge >= 0.3 is 0 Å². The Labute approximate surface area is 98.7 Å². The molecule has 17 heavy (non-hydrogen) atoms. The van der Waals surface area contributed by atoms with E-state index in [1.54, 1.807) is 26.5 Å². The molecular formula is C11H14N4O2. The number of aromatic nitrogens is 2. The summed E-state index contributed by atoms with van der Waals surface area (Å²) in [6, 6.07) is 5.49. The number of hydrogen-bond acceptors (Lipinski definition) is 5. The van der Waals surface area contributed by atoms with E-state index < -0.39 is 0 Å². The van der Waals surface area contributed by atoms with Crippen LogP contribution in [-0.4, -0.2) is 23.9 Å². The van der Waals surface area contributed by atoms with Crippen LogP contribution in [0.5, 0.6) is 11.5 Å². The molecule has 0 unspecified atom stereocenters. The van der Waals surface area contributed by atoms with Crippen molar-refractivity contribution in [2.75, 3.05) is 25.8 Å². The Morgan fingerprint density at radius 1 is 1.18 bits per heavy atom. The SMILES string of the molecule is COc1ccc(-c2cn(N)c(N)n2)cc1OC. The van der Waals surface area contributed by atoms with Crippen LogP contribution in [0.25, 0.3) is 11.3 Å². The van der Waals surface area contributed by atoms with E-state index in [9.17, 15) is 0 Å².